The summed E-state index contributed by atoms with van der Waals surface area (Å²) < 4.78 is 6.07. The first-order chi connectivity index (χ1) is 20.7. The van der Waals surface area contributed by atoms with Crippen molar-refractivity contribution in [1.29, 1.82) is 0 Å². The average molecular weight is 616 g/mol. The van der Waals surface area contributed by atoms with Gasteiger partial charge in [-0.15, -0.1) is 6.42 Å². The Morgan fingerprint density at radius 2 is 1.79 bits per heavy atom. The second kappa shape index (κ2) is 14.4. The average Bonchev–Trinajstić information content (AvgIpc) is 3.01. The Kier molecular flexibility index (Phi) is 10.4. The highest BCUT2D eigenvalue weighted by Gasteiger charge is 2.19. The number of terminal acetylenes is 1. The van der Waals surface area contributed by atoms with E-state index in [1.807, 2.05) is 37.3 Å². The maximum absolute atomic E-state index is 12.9. The van der Waals surface area contributed by atoms with Crippen LogP contribution in [0.5, 0.6) is 5.75 Å². The lowest BCUT2D eigenvalue weighted by atomic mass is 10.1. The Labute approximate surface area is 259 Å². The van der Waals surface area contributed by atoms with Gasteiger partial charge in [0.05, 0.1) is 23.8 Å². The Morgan fingerprint density at radius 1 is 1.02 bits per heavy atom. The number of hydrogen-bond acceptors (Lipinski definition) is 5. The summed E-state index contributed by atoms with van der Waals surface area (Å²) in [5.41, 5.74) is 3.66. The minimum atomic E-state index is -0.465. The van der Waals surface area contributed by atoms with E-state index in [1.165, 1.54) is 11.0 Å². The number of halogens is 2. The van der Waals surface area contributed by atoms with E-state index in [4.69, 9.17) is 34.4 Å². The largest absolute Gasteiger partial charge is 0.487 e. The third-order valence-electron chi connectivity index (χ3n) is 6.46. The van der Waals surface area contributed by atoms with Crippen LogP contribution in [0.15, 0.2) is 72.8 Å². The van der Waals surface area contributed by atoms with Gasteiger partial charge in [-0.3, -0.25) is 14.4 Å². The van der Waals surface area contributed by atoms with Crippen LogP contribution in [0.3, 0.4) is 0 Å². The standard InChI is InChI=1S/C33H28Cl2N4O4/c1-4-18-36-33(42)24-13-9-22(10-14-24)11-17-29(40)37-19-30(41)39(3)27-16-15-26(34)25(31(27)35)20-43-28-7-5-6-23-12-8-21(2)38-32(23)28/h1,5-17H,18-20H2,2-3H3,(H,36,42)(H,37,40). The van der Waals surface area contributed by atoms with E-state index < -0.39 is 11.8 Å². The van der Waals surface area contributed by atoms with Crippen LogP contribution in [-0.2, 0) is 16.2 Å². The van der Waals surface area contributed by atoms with Crippen molar-refractivity contribution >= 4 is 63.6 Å². The summed E-state index contributed by atoms with van der Waals surface area (Å²) in [5, 5.41) is 6.74. The zero-order valence-corrected chi connectivity index (χ0v) is 25.0. The molecule has 0 radical (unpaired) electrons. The molecule has 0 fully saturated rings. The summed E-state index contributed by atoms with van der Waals surface area (Å²) in [6.07, 6.45) is 8.02. The monoisotopic (exact) mass is 614 g/mol. The highest BCUT2D eigenvalue weighted by molar-refractivity contribution is 6.38. The van der Waals surface area contributed by atoms with Crippen molar-refractivity contribution in [2.75, 3.05) is 25.0 Å². The number of amides is 3. The van der Waals surface area contributed by atoms with Crippen LogP contribution >= 0.6 is 23.2 Å². The van der Waals surface area contributed by atoms with Crippen LogP contribution in [0, 0.1) is 19.3 Å². The molecule has 3 aromatic carbocycles. The zero-order valence-electron chi connectivity index (χ0n) is 23.5. The third kappa shape index (κ3) is 7.92. The van der Waals surface area contributed by atoms with E-state index in [-0.39, 0.29) is 30.6 Å². The van der Waals surface area contributed by atoms with Crippen LogP contribution < -0.4 is 20.3 Å². The second-order valence-corrected chi connectivity index (χ2v) is 10.2. The molecule has 218 valence electrons. The van der Waals surface area contributed by atoms with Crippen LogP contribution in [0.4, 0.5) is 5.69 Å². The number of pyridine rings is 1. The Hall–Kier alpha value is -4.84. The molecule has 4 rings (SSSR count). The number of likely N-dealkylation sites (N-methyl/N-ethyl adjacent to an activating group) is 1. The van der Waals surface area contributed by atoms with Crippen molar-refractivity contribution in [3.63, 3.8) is 0 Å². The number of nitrogens with zero attached hydrogens (tertiary/aromatic N) is 2. The molecule has 2 N–H and O–H groups in total. The van der Waals surface area contributed by atoms with Crippen LogP contribution in [-0.4, -0.2) is 42.8 Å². The van der Waals surface area contributed by atoms with E-state index in [2.05, 4.69) is 21.5 Å². The number of hydrogen-bond donors (Lipinski definition) is 2. The van der Waals surface area contributed by atoms with Gasteiger partial charge in [0.25, 0.3) is 5.91 Å². The first kappa shape index (κ1) is 31.1. The molecule has 0 unspecified atom stereocenters. The molecule has 1 aromatic heterocycles. The van der Waals surface area contributed by atoms with Gasteiger partial charge >= 0.3 is 0 Å². The van der Waals surface area contributed by atoms with Gasteiger partial charge < -0.3 is 20.3 Å². The number of nitrogens with one attached hydrogen (secondary N) is 2. The number of rotatable bonds is 10. The number of benzene rings is 3. The van der Waals surface area contributed by atoms with Gasteiger partial charge in [0.15, 0.2) is 0 Å². The number of carbonyl (C=O) groups excluding carboxylic acids is 3. The molecule has 0 saturated heterocycles. The van der Waals surface area contributed by atoms with Crippen molar-refractivity contribution in [2.45, 2.75) is 13.5 Å². The zero-order chi connectivity index (χ0) is 30.9. The molecule has 0 atom stereocenters. The molecule has 0 spiro atoms. The van der Waals surface area contributed by atoms with Gasteiger partial charge in [-0.1, -0.05) is 59.5 Å². The maximum Gasteiger partial charge on any atom is 0.252 e. The number of ether oxygens (including phenoxy) is 1. The first-order valence-corrected chi connectivity index (χ1v) is 13.9. The second-order valence-electron chi connectivity index (χ2n) is 9.44. The lowest BCUT2D eigenvalue weighted by molar-refractivity contribution is -0.122. The van der Waals surface area contributed by atoms with Gasteiger partial charge in [-0.2, -0.15) is 0 Å². The van der Waals surface area contributed by atoms with Crippen molar-refractivity contribution in [1.82, 2.24) is 15.6 Å². The lowest BCUT2D eigenvalue weighted by Crippen LogP contribution is -2.37. The Morgan fingerprint density at radius 3 is 2.53 bits per heavy atom. The molecule has 1 heterocycles. The first-order valence-electron chi connectivity index (χ1n) is 13.2. The Balaban J connectivity index is 1.36. The molecule has 0 aliphatic heterocycles. The number of para-hydroxylation sites is 1. The molecule has 8 nitrogen and oxygen atoms in total. The molecule has 0 aliphatic rings. The minimum Gasteiger partial charge on any atom is -0.487 e. The molecule has 0 bridgehead atoms. The summed E-state index contributed by atoms with van der Waals surface area (Å²) in [6.45, 7) is 1.84. The SMILES string of the molecule is C#CCNC(=O)c1ccc(C=CC(=O)NCC(=O)N(C)c2ccc(Cl)c(COc3cccc4ccc(C)nc34)c2Cl)cc1. The van der Waals surface area contributed by atoms with Crippen molar-refractivity contribution < 1.29 is 19.1 Å². The molecule has 3 amide bonds. The smallest absolute Gasteiger partial charge is 0.252 e. The molecule has 10 heteroatoms. The number of fused-ring (bicyclic) bond motifs is 1. The van der Waals surface area contributed by atoms with Gasteiger partial charge in [-0.25, -0.2) is 4.98 Å². The summed E-state index contributed by atoms with van der Waals surface area (Å²) >= 11 is 13.1. The number of aromatic nitrogens is 1. The summed E-state index contributed by atoms with van der Waals surface area (Å²) in [4.78, 5) is 43.1. The van der Waals surface area contributed by atoms with E-state index in [0.717, 1.165) is 16.6 Å². The van der Waals surface area contributed by atoms with Gasteiger partial charge in [0.1, 0.15) is 17.9 Å². The molecular formula is C33H28Cl2N4O4. The molecule has 0 aliphatic carbocycles. The predicted octanol–water partition coefficient (Wildman–Crippen LogP) is 5.58. The number of carbonyl (C=O) groups is 3. The minimum absolute atomic E-state index is 0.0559. The van der Waals surface area contributed by atoms with E-state index >= 15 is 0 Å². The normalized spacial score (nSPS) is 10.8. The molecule has 0 saturated carbocycles. The molecule has 4 aromatic rings. The highest BCUT2D eigenvalue weighted by atomic mass is 35.5. The molecule has 43 heavy (non-hydrogen) atoms. The predicted molar refractivity (Wildman–Crippen MR) is 170 cm³/mol. The summed E-state index contributed by atoms with van der Waals surface area (Å²) in [5.74, 6) is 1.78. The number of aryl methyl sites for hydroxylation is 1. The fraction of sp³-hybridized carbons (Fsp3) is 0.152. The highest BCUT2D eigenvalue weighted by Crippen LogP contribution is 2.35. The maximum atomic E-state index is 12.9. The van der Waals surface area contributed by atoms with Crippen molar-refractivity contribution in [3.05, 3.63) is 105 Å². The Bertz CT molecular complexity index is 1750. The topological polar surface area (TPSA) is 101 Å². The van der Waals surface area contributed by atoms with E-state index in [9.17, 15) is 14.4 Å². The summed E-state index contributed by atoms with van der Waals surface area (Å²) in [6, 6.07) is 19.5. The van der Waals surface area contributed by atoms with Crippen LogP contribution in [0.25, 0.3) is 17.0 Å². The number of anilines is 1. The van der Waals surface area contributed by atoms with Crippen molar-refractivity contribution in [3.8, 4) is 18.1 Å². The fourth-order valence-corrected chi connectivity index (χ4v) is 4.69. The lowest BCUT2D eigenvalue weighted by Gasteiger charge is -2.21. The van der Waals surface area contributed by atoms with Gasteiger partial charge in [-0.05, 0) is 55.0 Å². The van der Waals surface area contributed by atoms with Crippen LogP contribution in [0.1, 0.15) is 27.2 Å². The van der Waals surface area contributed by atoms with Crippen molar-refractivity contribution in [2.24, 2.45) is 0 Å². The van der Waals surface area contributed by atoms with Gasteiger partial charge in [0, 0.05) is 40.4 Å². The van der Waals surface area contributed by atoms with Gasteiger partial charge in [0.2, 0.25) is 11.8 Å². The fourth-order valence-electron chi connectivity index (χ4n) is 4.09. The quantitative estimate of drug-likeness (QED) is 0.179. The molecular weight excluding hydrogens is 587 g/mol. The summed E-state index contributed by atoms with van der Waals surface area (Å²) in [7, 11) is 1.56. The van der Waals surface area contributed by atoms with E-state index in [1.54, 1.807) is 49.5 Å². The van der Waals surface area contributed by atoms with Crippen LogP contribution in [0.2, 0.25) is 10.0 Å². The van der Waals surface area contributed by atoms with E-state index in [0.29, 0.717) is 33.1 Å². The third-order valence-corrected chi connectivity index (χ3v) is 7.24.